The summed E-state index contributed by atoms with van der Waals surface area (Å²) < 4.78 is 37.2. The Labute approximate surface area is 114 Å². The highest BCUT2D eigenvalue weighted by atomic mass is 19.4. The molecule has 20 heavy (non-hydrogen) atoms. The molecule has 1 amide bonds. The van der Waals surface area contributed by atoms with Crippen LogP contribution in [-0.2, 0) is 17.4 Å². The van der Waals surface area contributed by atoms with E-state index >= 15 is 0 Å². The van der Waals surface area contributed by atoms with E-state index < -0.39 is 11.7 Å². The number of halogens is 3. The number of nitrogens with one attached hydrogen (secondary N) is 1. The van der Waals surface area contributed by atoms with Gasteiger partial charge in [0.15, 0.2) is 0 Å². The van der Waals surface area contributed by atoms with Crippen molar-refractivity contribution in [3.63, 3.8) is 0 Å². The maximum Gasteiger partial charge on any atom is 0.416 e. The van der Waals surface area contributed by atoms with Gasteiger partial charge in [-0.15, -0.1) is 0 Å². The Morgan fingerprint density at radius 3 is 2.10 bits per heavy atom. The predicted octanol–water partition coefficient (Wildman–Crippen LogP) is 3.89. The monoisotopic (exact) mass is 279 g/mol. The second-order valence-corrected chi connectivity index (χ2v) is 4.29. The molecule has 0 aliphatic carbocycles. The van der Waals surface area contributed by atoms with E-state index in [-0.39, 0.29) is 12.3 Å². The highest BCUT2D eigenvalue weighted by Crippen LogP contribution is 2.29. The van der Waals surface area contributed by atoms with Crippen molar-refractivity contribution < 1.29 is 18.0 Å². The van der Waals surface area contributed by atoms with Gasteiger partial charge in [0.1, 0.15) is 0 Å². The van der Waals surface area contributed by atoms with Gasteiger partial charge in [-0.25, -0.2) is 0 Å². The molecule has 0 atom stereocenters. The Balaban J connectivity index is 1.98. The highest BCUT2D eigenvalue weighted by Gasteiger charge is 2.29. The van der Waals surface area contributed by atoms with Crippen LogP contribution in [-0.4, -0.2) is 5.91 Å². The molecule has 0 aromatic heterocycles. The van der Waals surface area contributed by atoms with Gasteiger partial charge in [0.2, 0.25) is 5.91 Å². The minimum atomic E-state index is -4.36. The summed E-state index contributed by atoms with van der Waals surface area (Å²) in [6.07, 6.45) is -4.32. The van der Waals surface area contributed by atoms with Crippen LogP contribution in [0.4, 0.5) is 18.9 Å². The number of para-hydroxylation sites is 1. The third-order valence-electron chi connectivity index (χ3n) is 2.70. The van der Waals surface area contributed by atoms with Crippen molar-refractivity contribution in [1.29, 1.82) is 0 Å². The first-order chi connectivity index (χ1) is 9.45. The number of amides is 1. The number of alkyl halides is 3. The number of hydrogen-bond acceptors (Lipinski definition) is 1. The summed E-state index contributed by atoms with van der Waals surface area (Å²) in [4.78, 5) is 11.7. The van der Waals surface area contributed by atoms with Gasteiger partial charge in [-0.3, -0.25) is 4.79 Å². The Kier molecular flexibility index (Phi) is 4.08. The lowest BCUT2D eigenvalue weighted by Crippen LogP contribution is -2.14. The molecular weight excluding hydrogens is 267 g/mol. The Hall–Kier alpha value is -2.30. The maximum atomic E-state index is 12.4. The number of hydrogen-bond donors (Lipinski definition) is 1. The third kappa shape index (κ3) is 3.85. The zero-order chi connectivity index (χ0) is 14.6. The lowest BCUT2D eigenvalue weighted by Gasteiger charge is -2.08. The van der Waals surface area contributed by atoms with Gasteiger partial charge in [-0.2, -0.15) is 13.2 Å². The molecule has 0 saturated heterocycles. The highest BCUT2D eigenvalue weighted by molar-refractivity contribution is 5.92. The van der Waals surface area contributed by atoms with Crippen LogP contribution in [0.1, 0.15) is 11.1 Å². The van der Waals surface area contributed by atoms with Crippen LogP contribution < -0.4 is 5.32 Å². The van der Waals surface area contributed by atoms with Crippen molar-refractivity contribution in [2.75, 3.05) is 5.32 Å². The lowest BCUT2D eigenvalue weighted by molar-refractivity contribution is -0.137. The van der Waals surface area contributed by atoms with E-state index in [0.717, 1.165) is 12.1 Å². The molecule has 0 aliphatic rings. The van der Waals surface area contributed by atoms with Gasteiger partial charge in [-0.05, 0) is 29.8 Å². The van der Waals surface area contributed by atoms with Crippen molar-refractivity contribution in [3.05, 3.63) is 65.7 Å². The second-order valence-electron chi connectivity index (χ2n) is 4.29. The summed E-state index contributed by atoms with van der Waals surface area (Å²) in [5, 5.41) is 2.67. The number of carbonyl (C=O) groups is 1. The van der Waals surface area contributed by atoms with Crippen LogP contribution in [0, 0.1) is 0 Å². The maximum absolute atomic E-state index is 12.4. The first-order valence-corrected chi connectivity index (χ1v) is 5.96. The van der Waals surface area contributed by atoms with Crippen LogP contribution in [0.5, 0.6) is 0 Å². The Morgan fingerprint density at radius 1 is 0.950 bits per heavy atom. The third-order valence-corrected chi connectivity index (χ3v) is 2.70. The fraction of sp³-hybridized carbons (Fsp3) is 0.133. The first-order valence-electron chi connectivity index (χ1n) is 5.96. The summed E-state index contributed by atoms with van der Waals surface area (Å²) in [5.74, 6) is -0.268. The van der Waals surface area contributed by atoms with Crippen LogP contribution in [0.2, 0.25) is 0 Å². The normalized spacial score (nSPS) is 11.2. The van der Waals surface area contributed by atoms with Crippen LogP contribution in [0.15, 0.2) is 54.6 Å². The van der Waals surface area contributed by atoms with Gasteiger partial charge >= 0.3 is 6.18 Å². The Morgan fingerprint density at radius 2 is 1.55 bits per heavy atom. The fourth-order valence-electron chi connectivity index (χ4n) is 1.72. The van der Waals surface area contributed by atoms with Gasteiger partial charge < -0.3 is 5.32 Å². The SMILES string of the molecule is O=C(Cc1ccc(C(F)(F)F)cc1)Nc1ccccc1. The zero-order valence-electron chi connectivity index (χ0n) is 10.4. The summed E-state index contributed by atoms with van der Waals surface area (Å²) in [6, 6.07) is 13.5. The molecule has 2 aromatic rings. The van der Waals surface area contributed by atoms with Crippen molar-refractivity contribution >= 4 is 11.6 Å². The molecule has 1 N–H and O–H groups in total. The van der Waals surface area contributed by atoms with Crippen LogP contribution in [0.3, 0.4) is 0 Å². The number of anilines is 1. The minimum absolute atomic E-state index is 0.0348. The summed E-state index contributed by atoms with van der Waals surface area (Å²) in [5.41, 5.74) is 0.473. The van der Waals surface area contributed by atoms with E-state index in [1.807, 2.05) is 6.07 Å². The van der Waals surface area contributed by atoms with Crippen molar-refractivity contribution in [2.24, 2.45) is 0 Å². The van der Waals surface area contributed by atoms with Crippen molar-refractivity contribution in [2.45, 2.75) is 12.6 Å². The summed E-state index contributed by atoms with van der Waals surface area (Å²) in [6.45, 7) is 0. The van der Waals surface area contributed by atoms with Crippen molar-refractivity contribution in [1.82, 2.24) is 0 Å². The number of carbonyl (C=O) groups excluding carboxylic acids is 1. The van der Waals surface area contributed by atoms with Crippen LogP contribution >= 0.6 is 0 Å². The smallest absolute Gasteiger partial charge is 0.326 e. The molecule has 0 fully saturated rings. The molecule has 2 aromatic carbocycles. The number of rotatable bonds is 3. The molecule has 2 rings (SSSR count). The van der Waals surface area contributed by atoms with E-state index in [9.17, 15) is 18.0 Å². The summed E-state index contributed by atoms with van der Waals surface area (Å²) >= 11 is 0. The second kappa shape index (κ2) is 5.77. The van der Waals surface area contributed by atoms with Crippen LogP contribution in [0.25, 0.3) is 0 Å². The molecule has 104 valence electrons. The molecule has 0 spiro atoms. The Bertz CT molecular complexity index is 576. The fourth-order valence-corrected chi connectivity index (χ4v) is 1.72. The van der Waals surface area contributed by atoms with E-state index in [2.05, 4.69) is 5.32 Å². The first kappa shape index (κ1) is 14.1. The van der Waals surface area contributed by atoms with E-state index in [1.54, 1.807) is 24.3 Å². The molecular formula is C15H12F3NO. The average Bonchev–Trinajstić information content (AvgIpc) is 2.39. The average molecular weight is 279 g/mol. The van der Waals surface area contributed by atoms with Gasteiger partial charge in [0.25, 0.3) is 0 Å². The van der Waals surface area contributed by atoms with E-state index in [1.165, 1.54) is 12.1 Å². The van der Waals surface area contributed by atoms with E-state index in [4.69, 9.17) is 0 Å². The zero-order valence-corrected chi connectivity index (χ0v) is 10.4. The molecule has 0 heterocycles. The number of benzene rings is 2. The predicted molar refractivity (Wildman–Crippen MR) is 70.2 cm³/mol. The van der Waals surface area contributed by atoms with E-state index in [0.29, 0.717) is 11.3 Å². The van der Waals surface area contributed by atoms with Gasteiger partial charge in [0.05, 0.1) is 12.0 Å². The largest absolute Gasteiger partial charge is 0.416 e. The molecule has 0 bridgehead atoms. The minimum Gasteiger partial charge on any atom is -0.326 e. The lowest BCUT2D eigenvalue weighted by atomic mass is 10.1. The molecule has 0 unspecified atom stereocenters. The molecule has 0 aliphatic heterocycles. The molecule has 2 nitrogen and oxygen atoms in total. The topological polar surface area (TPSA) is 29.1 Å². The summed E-state index contributed by atoms with van der Waals surface area (Å²) in [7, 11) is 0. The standard InChI is InChI=1S/C15H12F3NO/c16-15(17,18)12-8-6-11(7-9-12)10-14(20)19-13-4-2-1-3-5-13/h1-9H,10H2,(H,19,20). The van der Waals surface area contributed by atoms with Gasteiger partial charge in [0, 0.05) is 5.69 Å². The van der Waals surface area contributed by atoms with Crippen molar-refractivity contribution in [3.8, 4) is 0 Å². The molecule has 0 radical (unpaired) electrons. The van der Waals surface area contributed by atoms with Gasteiger partial charge in [-0.1, -0.05) is 30.3 Å². The quantitative estimate of drug-likeness (QED) is 0.907. The molecule has 5 heteroatoms. The molecule has 0 saturated carbocycles.